The van der Waals surface area contributed by atoms with Crippen molar-refractivity contribution in [1.29, 1.82) is 0 Å². The molecule has 0 aliphatic rings. The van der Waals surface area contributed by atoms with E-state index in [-0.39, 0.29) is 5.97 Å². The molecule has 0 radical (unpaired) electrons. The van der Waals surface area contributed by atoms with E-state index in [0.29, 0.717) is 18.9 Å². The number of fused-ring (bicyclic) bond motifs is 1. The van der Waals surface area contributed by atoms with Crippen LogP contribution in [0, 0.1) is 6.92 Å². The number of aryl methyl sites for hydroxylation is 1. The summed E-state index contributed by atoms with van der Waals surface area (Å²) in [4.78, 5) is 25.3. The van der Waals surface area contributed by atoms with Crippen molar-refractivity contribution < 1.29 is 19.1 Å². The minimum Gasteiger partial charge on any atom is -0.464 e. The van der Waals surface area contributed by atoms with Crippen LogP contribution in [-0.4, -0.2) is 29.7 Å². The molecule has 0 fully saturated rings. The zero-order chi connectivity index (χ0) is 15.6. The largest absolute Gasteiger partial charge is 0.464 e. The van der Waals surface area contributed by atoms with E-state index in [4.69, 9.17) is 9.47 Å². The Kier molecular flexibility index (Phi) is 4.67. The van der Waals surface area contributed by atoms with Gasteiger partial charge in [-0.25, -0.2) is 9.59 Å². The van der Waals surface area contributed by atoms with Gasteiger partial charge in [-0.05, 0) is 39.8 Å². The highest BCUT2D eigenvalue weighted by Crippen LogP contribution is 2.32. The SMILES string of the molecule is CCOC(=O)c1cc2sc(C)cc2n1[C@H](C)C(=O)OCC. The molecule has 2 aromatic rings. The lowest BCUT2D eigenvalue weighted by molar-refractivity contribution is -0.146. The Labute approximate surface area is 127 Å². The Balaban J connectivity index is 2.53. The molecule has 1 atom stereocenters. The third kappa shape index (κ3) is 2.95. The van der Waals surface area contributed by atoms with Crippen LogP contribution in [0.15, 0.2) is 12.1 Å². The van der Waals surface area contributed by atoms with Crippen molar-refractivity contribution in [1.82, 2.24) is 4.57 Å². The smallest absolute Gasteiger partial charge is 0.355 e. The number of hydrogen-bond acceptors (Lipinski definition) is 5. The van der Waals surface area contributed by atoms with Crippen molar-refractivity contribution in [3.63, 3.8) is 0 Å². The van der Waals surface area contributed by atoms with Gasteiger partial charge in [0, 0.05) is 4.88 Å². The molecule has 114 valence electrons. The van der Waals surface area contributed by atoms with Gasteiger partial charge >= 0.3 is 11.9 Å². The van der Waals surface area contributed by atoms with E-state index >= 15 is 0 Å². The number of carbonyl (C=O) groups excluding carboxylic acids is 2. The van der Waals surface area contributed by atoms with Crippen LogP contribution in [0.25, 0.3) is 10.2 Å². The number of hydrogen-bond donors (Lipinski definition) is 0. The summed E-state index contributed by atoms with van der Waals surface area (Å²) in [6.07, 6.45) is 0. The van der Waals surface area contributed by atoms with Gasteiger partial charge in [0.05, 0.1) is 23.4 Å². The average molecular weight is 309 g/mol. The quantitative estimate of drug-likeness (QED) is 0.795. The van der Waals surface area contributed by atoms with Crippen LogP contribution in [0.4, 0.5) is 0 Å². The second kappa shape index (κ2) is 6.30. The highest BCUT2D eigenvalue weighted by molar-refractivity contribution is 7.19. The van der Waals surface area contributed by atoms with E-state index in [1.165, 1.54) is 0 Å². The van der Waals surface area contributed by atoms with E-state index in [1.807, 2.05) is 13.0 Å². The van der Waals surface area contributed by atoms with E-state index in [0.717, 1.165) is 15.1 Å². The van der Waals surface area contributed by atoms with E-state index < -0.39 is 12.0 Å². The van der Waals surface area contributed by atoms with Gasteiger partial charge in [-0.3, -0.25) is 0 Å². The highest BCUT2D eigenvalue weighted by Gasteiger charge is 2.26. The van der Waals surface area contributed by atoms with Crippen molar-refractivity contribution in [3.05, 3.63) is 22.7 Å². The third-order valence-electron chi connectivity index (χ3n) is 3.15. The normalized spacial score (nSPS) is 12.4. The van der Waals surface area contributed by atoms with Crippen molar-refractivity contribution in [2.24, 2.45) is 0 Å². The number of esters is 2. The van der Waals surface area contributed by atoms with Gasteiger partial charge in [0.25, 0.3) is 0 Å². The molecule has 0 spiro atoms. The molecule has 0 saturated carbocycles. The number of thiophene rings is 1. The van der Waals surface area contributed by atoms with Crippen LogP contribution in [0.5, 0.6) is 0 Å². The molecule has 0 aliphatic heterocycles. The molecule has 6 heteroatoms. The zero-order valence-corrected chi connectivity index (χ0v) is 13.5. The summed E-state index contributed by atoms with van der Waals surface area (Å²) in [6, 6.07) is 3.18. The minimum atomic E-state index is -0.573. The van der Waals surface area contributed by atoms with Crippen LogP contribution >= 0.6 is 11.3 Å². The second-order valence-corrected chi connectivity index (χ2v) is 5.94. The molecule has 0 unspecified atom stereocenters. The van der Waals surface area contributed by atoms with Crippen LogP contribution in [-0.2, 0) is 14.3 Å². The monoisotopic (exact) mass is 309 g/mol. The van der Waals surface area contributed by atoms with Crippen molar-refractivity contribution >= 4 is 33.5 Å². The molecule has 0 amide bonds. The second-order valence-electron chi connectivity index (χ2n) is 4.65. The van der Waals surface area contributed by atoms with Crippen molar-refractivity contribution in [2.45, 2.75) is 33.7 Å². The molecule has 2 aromatic heterocycles. The first-order chi connectivity index (χ1) is 9.99. The first-order valence-electron chi connectivity index (χ1n) is 6.94. The molecule has 0 aliphatic carbocycles. The van der Waals surface area contributed by atoms with Crippen molar-refractivity contribution in [2.75, 3.05) is 13.2 Å². The zero-order valence-electron chi connectivity index (χ0n) is 12.6. The summed E-state index contributed by atoms with van der Waals surface area (Å²) in [5, 5.41) is 0. The summed E-state index contributed by atoms with van der Waals surface area (Å²) in [5.74, 6) is -0.779. The predicted molar refractivity (Wildman–Crippen MR) is 81.9 cm³/mol. The van der Waals surface area contributed by atoms with Crippen molar-refractivity contribution in [3.8, 4) is 0 Å². The Morgan fingerprint density at radius 2 is 1.90 bits per heavy atom. The summed E-state index contributed by atoms with van der Waals surface area (Å²) in [7, 11) is 0. The van der Waals surface area contributed by atoms with Crippen LogP contribution in [0.3, 0.4) is 0 Å². The number of nitrogens with zero attached hydrogens (tertiary/aromatic N) is 1. The molecule has 0 aromatic carbocycles. The molecule has 21 heavy (non-hydrogen) atoms. The van der Waals surface area contributed by atoms with Crippen LogP contribution < -0.4 is 0 Å². The lowest BCUT2D eigenvalue weighted by atomic mass is 10.3. The lowest BCUT2D eigenvalue weighted by Gasteiger charge is -2.16. The molecule has 2 rings (SSSR count). The van der Waals surface area contributed by atoms with Gasteiger partial charge in [-0.1, -0.05) is 0 Å². The number of rotatable bonds is 5. The molecule has 0 saturated heterocycles. The van der Waals surface area contributed by atoms with E-state index in [2.05, 4.69) is 0 Å². The van der Waals surface area contributed by atoms with Gasteiger partial charge in [0.1, 0.15) is 11.7 Å². The molecule has 5 nitrogen and oxygen atoms in total. The fourth-order valence-corrected chi connectivity index (χ4v) is 3.23. The Hall–Kier alpha value is -1.82. The van der Waals surface area contributed by atoms with Gasteiger partial charge in [-0.15, -0.1) is 11.3 Å². The average Bonchev–Trinajstić information content (AvgIpc) is 2.94. The minimum absolute atomic E-state index is 0.296. The van der Waals surface area contributed by atoms with Gasteiger partial charge in [0.2, 0.25) is 0 Å². The maximum Gasteiger partial charge on any atom is 0.355 e. The molecule has 0 bridgehead atoms. The fraction of sp³-hybridized carbons (Fsp3) is 0.467. The fourth-order valence-electron chi connectivity index (χ4n) is 2.28. The summed E-state index contributed by atoms with van der Waals surface area (Å²) >= 11 is 1.58. The Morgan fingerprint density at radius 3 is 2.52 bits per heavy atom. The van der Waals surface area contributed by atoms with E-state index in [1.54, 1.807) is 42.7 Å². The summed E-state index contributed by atoms with van der Waals surface area (Å²) < 4.78 is 12.8. The van der Waals surface area contributed by atoms with E-state index in [9.17, 15) is 9.59 Å². The highest BCUT2D eigenvalue weighted by atomic mass is 32.1. The molecular weight excluding hydrogens is 290 g/mol. The third-order valence-corrected chi connectivity index (χ3v) is 4.14. The van der Waals surface area contributed by atoms with Crippen LogP contribution in [0.2, 0.25) is 0 Å². The predicted octanol–water partition coefficient (Wildman–Crippen LogP) is 3.31. The number of aromatic nitrogens is 1. The summed E-state index contributed by atoms with van der Waals surface area (Å²) in [5.41, 5.74) is 1.25. The van der Waals surface area contributed by atoms with Crippen LogP contribution in [0.1, 0.15) is 42.2 Å². The Bertz CT molecular complexity index is 671. The maximum atomic E-state index is 12.1. The topological polar surface area (TPSA) is 57.5 Å². The maximum absolute atomic E-state index is 12.1. The van der Waals surface area contributed by atoms with Gasteiger partial charge in [-0.2, -0.15) is 0 Å². The Morgan fingerprint density at radius 1 is 1.24 bits per heavy atom. The molecule has 0 N–H and O–H groups in total. The van der Waals surface area contributed by atoms with Gasteiger partial charge in [0.15, 0.2) is 0 Å². The van der Waals surface area contributed by atoms with Gasteiger partial charge < -0.3 is 14.0 Å². The first-order valence-corrected chi connectivity index (χ1v) is 7.76. The number of ether oxygens (including phenoxy) is 2. The summed E-state index contributed by atoms with van der Waals surface area (Å²) in [6.45, 7) is 7.85. The first kappa shape index (κ1) is 15.6. The lowest BCUT2D eigenvalue weighted by Crippen LogP contribution is -2.23. The standard InChI is InChI=1S/C15H19NO4S/c1-5-19-14(17)10(4)16-11-7-9(3)21-13(11)8-12(16)15(18)20-6-2/h7-8,10H,5-6H2,1-4H3/t10-/m1/s1. The number of carbonyl (C=O) groups is 2. The molecular formula is C15H19NO4S. The molecule has 2 heterocycles.